The highest BCUT2D eigenvalue weighted by atomic mass is 16.5. The fourth-order valence-corrected chi connectivity index (χ4v) is 3.74. The normalized spacial score (nSPS) is 16.1. The van der Waals surface area contributed by atoms with E-state index in [1.165, 1.54) is 7.11 Å². The number of nitrogens with zero attached hydrogens (tertiary/aromatic N) is 1. The number of carbonyl (C=O) groups is 2. The monoisotopic (exact) mass is 512 g/mol. The number of benzene rings is 2. The number of aliphatic hydroxyl groups is 1. The van der Waals surface area contributed by atoms with E-state index in [9.17, 15) is 14.7 Å². The summed E-state index contributed by atoms with van der Waals surface area (Å²) in [6.07, 6.45) is 0.464. The van der Waals surface area contributed by atoms with Gasteiger partial charge >= 0.3 is 12.0 Å². The molecule has 1 aliphatic heterocycles. The van der Waals surface area contributed by atoms with Crippen molar-refractivity contribution < 1.29 is 33.6 Å². The first-order valence-electron chi connectivity index (χ1n) is 11.6. The molecule has 1 heterocycles. The Morgan fingerprint density at radius 1 is 1.14 bits per heavy atom. The highest BCUT2D eigenvalue weighted by Gasteiger charge is 2.32. The Hall–Kier alpha value is -4.25. The van der Waals surface area contributed by atoms with Gasteiger partial charge in [-0.2, -0.15) is 5.10 Å². The van der Waals surface area contributed by atoms with Crippen molar-refractivity contribution in [1.82, 2.24) is 16.1 Å². The number of carbonyl (C=O) groups excluding carboxylic acids is 2. The van der Waals surface area contributed by atoms with Gasteiger partial charge in [-0.25, -0.2) is 9.59 Å². The summed E-state index contributed by atoms with van der Waals surface area (Å²) in [4.78, 5) is 24.4. The van der Waals surface area contributed by atoms with Crippen LogP contribution in [0.5, 0.6) is 17.2 Å². The van der Waals surface area contributed by atoms with E-state index in [0.29, 0.717) is 29.4 Å². The standard InChI is InChI=1S/C26H32N4O7/c1-6-36-21-12-18(24-23(25(32)35-5)16(3)28-26(33)29-24)9-10-19(21)37-14-22(31)30-27-13-17-8-7-15(2)20(11-17)34-4/h7-13,22,24,30-31H,6,14H2,1-5H3,(H2,28,29,33)/b27-13+/t22-,24+/m0/s1. The zero-order chi connectivity index (χ0) is 26.9. The molecule has 37 heavy (non-hydrogen) atoms. The Labute approximate surface area is 215 Å². The maximum Gasteiger partial charge on any atom is 0.337 e. The minimum absolute atomic E-state index is 0.121. The van der Waals surface area contributed by atoms with Crippen LogP contribution >= 0.6 is 0 Å². The van der Waals surface area contributed by atoms with Gasteiger partial charge in [0.2, 0.25) is 0 Å². The van der Waals surface area contributed by atoms with E-state index in [2.05, 4.69) is 21.2 Å². The smallest absolute Gasteiger partial charge is 0.337 e. The second-order valence-corrected chi connectivity index (χ2v) is 8.14. The zero-order valence-electron chi connectivity index (χ0n) is 21.5. The van der Waals surface area contributed by atoms with Crippen molar-refractivity contribution in [3.8, 4) is 17.2 Å². The molecule has 0 aromatic heterocycles. The van der Waals surface area contributed by atoms with Gasteiger partial charge in [-0.05, 0) is 55.7 Å². The van der Waals surface area contributed by atoms with Crippen LogP contribution in [0.25, 0.3) is 0 Å². The number of ether oxygens (including phenoxy) is 4. The summed E-state index contributed by atoms with van der Waals surface area (Å²) in [6.45, 7) is 5.62. The molecule has 2 atom stereocenters. The lowest BCUT2D eigenvalue weighted by Gasteiger charge is -2.28. The van der Waals surface area contributed by atoms with Gasteiger partial charge in [-0.1, -0.05) is 18.2 Å². The highest BCUT2D eigenvalue weighted by molar-refractivity contribution is 5.95. The summed E-state index contributed by atoms with van der Waals surface area (Å²) in [5.41, 5.74) is 5.70. The average Bonchev–Trinajstić information content (AvgIpc) is 2.88. The van der Waals surface area contributed by atoms with Gasteiger partial charge in [0.15, 0.2) is 17.7 Å². The number of urea groups is 1. The molecule has 0 radical (unpaired) electrons. The maximum atomic E-state index is 12.4. The third-order valence-corrected chi connectivity index (χ3v) is 5.54. The molecule has 0 saturated carbocycles. The Morgan fingerprint density at radius 2 is 1.92 bits per heavy atom. The van der Waals surface area contributed by atoms with Crippen LogP contribution in [0.15, 0.2) is 52.8 Å². The van der Waals surface area contributed by atoms with E-state index in [1.54, 1.807) is 38.4 Å². The van der Waals surface area contributed by atoms with E-state index in [4.69, 9.17) is 18.9 Å². The van der Waals surface area contributed by atoms with Crippen molar-refractivity contribution >= 4 is 18.2 Å². The van der Waals surface area contributed by atoms with Crippen LogP contribution in [0.3, 0.4) is 0 Å². The molecule has 11 nitrogen and oxygen atoms in total. The molecule has 3 rings (SSSR count). The lowest BCUT2D eigenvalue weighted by Crippen LogP contribution is -2.45. The number of amides is 2. The van der Waals surface area contributed by atoms with Gasteiger partial charge in [0, 0.05) is 5.70 Å². The first kappa shape index (κ1) is 27.3. The number of hydrogen-bond donors (Lipinski definition) is 4. The van der Waals surface area contributed by atoms with E-state index < -0.39 is 24.3 Å². The molecule has 2 amide bonds. The van der Waals surface area contributed by atoms with Crippen LogP contribution < -0.4 is 30.3 Å². The van der Waals surface area contributed by atoms with Gasteiger partial charge < -0.3 is 34.7 Å². The molecule has 0 spiro atoms. The molecule has 11 heteroatoms. The minimum atomic E-state index is -1.10. The van der Waals surface area contributed by atoms with E-state index in [1.807, 2.05) is 32.0 Å². The predicted octanol–water partition coefficient (Wildman–Crippen LogP) is 2.52. The molecule has 2 aromatic carbocycles. The number of hydrazone groups is 1. The second-order valence-electron chi connectivity index (χ2n) is 8.14. The third-order valence-electron chi connectivity index (χ3n) is 5.54. The van der Waals surface area contributed by atoms with E-state index in [-0.39, 0.29) is 12.2 Å². The van der Waals surface area contributed by atoms with Crippen LogP contribution in [-0.4, -0.2) is 57.0 Å². The summed E-state index contributed by atoms with van der Waals surface area (Å²) >= 11 is 0. The summed E-state index contributed by atoms with van der Waals surface area (Å²) < 4.78 is 21.7. The number of hydrogen-bond acceptors (Lipinski definition) is 9. The molecule has 2 aromatic rings. The molecule has 1 aliphatic rings. The van der Waals surface area contributed by atoms with E-state index >= 15 is 0 Å². The van der Waals surface area contributed by atoms with Crippen molar-refractivity contribution in [2.24, 2.45) is 5.10 Å². The minimum Gasteiger partial charge on any atom is -0.496 e. The summed E-state index contributed by atoms with van der Waals surface area (Å²) in [7, 11) is 2.88. The first-order chi connectivity index (χ1) is 17.8. The largest absolute Gasteiger partial charge is 0.496 e. The SMILES string of the molecule is CCOc1cc([C@H]2NC(=O)NC(C)=C2C(=O)OC)ccc1OC[C@H](O)N/N=C/c1ccc(C)c(OC)c1. The maximum absolute atomic E-state index is 12.4. The molecule has 0 saturated heterocycles. The summed E-state index contributed by atoms with van der Waals surface area (Å²) in [6, 6.07) is 9.48. The van der Waals surface area contributed by atoms with Crippen molar-refractivity contribution in [3.05, 3.63) is 64.4 Å². The molecule has 0 fully saturated rings. The number of methoxy groups -OCH3 is 2. The Morgan fingerprint density at radius 3 is 2.62 bits per heavy atom. The van der Waals surface area contributed by atoms with Crippen LogP contribution in [0, 0.1) is 6.92 Å². The van der Waals surface area contributed by atoms with Crippen LogP contribution in [0.4, 0.5) is 4.79 Å². The second kappa shape index (κ2) is 12.6. The molecule has 0 aliphatic carbocycles. The summed E-state index contributed by atoms with van der Waals surface area (Å²) in [5, 5.41) is 19.6. The number of aryl methyl sites for hydroxylation is 1. The van der Waals surface area contributed by atoms with Gasteiger partial charge in [0.1, 0.15) is 12.4 Å². The van der Waals surface area contributed by atoms with Crippen LogP contribution in [0.2, 0.25) is 0 Å². The molecule has 0 unspecified atom stereocenters. The third kappa shape index (κ3) is 6.91. The molecule has 0 bridgehead atoms. The Bertz CT molecular complexity index is 1200. The van der Waals surface area contributed by atoms with Crippen molar-refractivity contribution in [3.63, 3.8) is 0 Å². The van der Waals surface area contributed by atoms with Crippen LogP contribution in [0.1, 0.15) is 36.6 Å². The van der Waals surface area contributed by atoms with Crippen molar-refractivity contribution in [2.75, 3.05) is 27.4 Å². The average molecular weight is 513 g/mol. The Kier molecular flexibility index (Phi) is 9.33. The predicted molar refractivity (Wildman–Crippen MR) is 137 cm³/mol. The van der Waals surface area contributed by atoms with Crippen molar-refractivity contribution in [1.29, 1.82) is 0 Å². The number of aliphatic hydroxyl groups excluding tert-OH is 1. The lowest BCUT2D eigenvalue weighted by atomic mass is 9.95. The lowest BCUT2D eigenvalue weighted by molar-refractivity contribution is -0.136. The number of nitrogens with one attached hydrogen (secondary N) is 3. The fourth-order valence-electron chi connectivity index (χ4n) is 3.74. The Balaban J connectivity index is 1.70. The fraction of sp³-hybridized carbons (Fsp3) is 0.346. The zero-order valence-corrected chi connectivity index (χ0v) is 21.5. The number of esters is 1. The number of allylic oxidation sites excluding steroid dienone is 1. The first-order valence-corrected chi connectivity index (χ1v) is 11.6. The van der Waals surface area contributed by atoms with Gasteiger partial charge in [0.05, 0.1) is 38.7 Å². The molecular formula is C26H32N4O7. The van der Waals surface area contributed by atoms with Gasteiger partial charge in [-0.15, -0.1) is 0 Å². The molecule has 198 valence electrons. The number of rotatable bonds is 11. The van der Waals surface area contributed by atoms with Crippen LogP contribution in [-0.2, 0) is 9.53 Å². The van der Waals surface area contributed by atoms with Gasteiger partial charge in [-0.3, -0.25) is 5.43 Å². The molecule has 4 N–H and O–H groups in total. The van der Waals surface area contributed by atoms with E-state index in [0.717, 1.165) is 16.9 Å². The quantitative estimate of drug-likeness (QED) is 0.156. The summed E-state index contributed by atoms with van der Waals surface area (Å²) in [5.74, 6) is 0.941. The topological polar surface area (TPSA) is 140 Å². The molecular weight excluding hydrogens is 480 g/mol. The van der Waals surface area contributed by atoms with Gasteiger partial charge in [0.25, 0.3) is 0 Å². The van der Waals surface area contributed by atoms with Crippen molar-refractivity contribution in [2.45, 2.75) is 33.0 Å². The highest BCUT2D eigenvalue weighted by Crippen LogP contribution is 2.34.